The van der Waals surface area contributed by atoms with Crippen molar-refractivity contribution in [1.29, 1.82) is 0 Å². The third-order valence-electron chi connectivity index (χ3n) is 8.78. The van der Waals surface area contributed by atoms with Crippen molar-refractivity contribution < 1.29 is 36.3 Å². The number of guanidine groups is 1. The summed E-state index contributed by atoms with van der Waals surface area (Å²) in [6.45, 7) is 5.02. The van der Waals surface area contributed by atoms with Crippen LogP contribution >= 0.6 is 11.6 Å². The van der Waals surface area contributed by atoms with Crippen molar-refractivity contribution in [2.75, 3.05) is 6.61 Å². The molecule has 0 radical (unpaired) electrons. The van der Waals surface area contributed by atoms with Gasteiger partial charge in [0.15, 0.2) is 17.3 Å². The number of aromatic nitrogens is 5. The van der Waals surface area contributed by atoms with Crippen LogP contribution in [0.2, 0.25) is 5.02 Å². The molecule has 3 heterocycles. The number of aliphatic imine (C=N–C) groups is 1. The minimum absolute atomic E-state index is 0.00204. The summed E-state index contributed by atoms with van der Waals surface area (Å²) in [6, 6.07) is 8.82. The topological polar surface area (TPSA) is 134 Å². The van der Waals surface area contributed by atoms with Crippen LogP contribution < -0.4 is 5.73 Å². The van der Waals surface area contributed by atoms with Crippen LogP contribution in [0.5, 0.6) is 0 Å². The van der Waals surface area contributed by atoms with Gasteiger partial charge in [-0.15, -0.1) is 0 Å². The summed E-state index contributed by atoms with van der Waals surface area (Å²) >= 11 is 6.42. The lowest BCUT2D eigenvalue weighted by Crippen LogP contribution is -2.47. The molecule has 11 nitrogen and oxygen atoms in total. The fourth-order valence-electron chi connectivity index (χ4n) is 6.34. The number of ether oxygens (including phenoxy) is 1. The molecule has 1 fully saturated rings. The van der Waals surface area contributed by atoms with E-state index >= 15 is 4.39 Å². The minimum Gasteiger partial charge on any atom is -0.463 e. The van der Waals surface area contributed by atoms with Crippen LogP contribution in [0.1, 0.15) is 69.5 Å². The van der Waals surface area contributed by atoms with Gasteiger partial charge in [-0.1, -0.05) is 44.5 Å². The van der Waals surface area contributed by atoms with E-state index in [0.717, 1.165) is 15.9 Å². The number of carbonyl (C=O) groups excluding carboxylic acids is 2. The maximum Gasteiger partial charge on any atom is 0.306 e. The molecule has 17 heteroatoms. The van der Waals surface area contributed by atoms with Crippen molar-refractivity contribution in [3.8, 4) is 16.9 Å². The fourth-order valence-corrected chi connectivity index (χ4v) is 6.54. The quantitative estimate of drug-likeness (QED) is 0.137. The molecule has 0 saturated heterocycles. The standard InChI is InChI=1S/C34H34ClF5N8O3/c1-32(2,3)16-33(19-6-7-21(23(36)12-19)24-9-10-46(4)45-24)30(50)47(31(41)44-33)26(15-51-27(49)13-20-14-34(20,39)40)18-5-8-22(35)25(11-18)48-29(28(37)38)42-17-43-48/h5-12,17,20,26,28H,13-16H2,1-4H3,(H2,41,44)/t20?,26-,33-/m1/s1. The van der Waals surface area contributed by atoms with Gasteiger partial charge in [0, 0.05) is 31.1 Å². The van der Waals surface area contributed by atoms with Gasteiger partial charge in [0.1, 0.15) is 18.8 Å². The lowest BCUT2D eigenvalue weighted by molar-refractivity contribution is -0.148. The first-order valence-electron chi connectivity index (χ1n) is 15.9. The summed E-state index contributed by atoms with van der Waals surface area (Å²) in [4.78, 5) is 36.9. The van der Waals surface area contributed by atoms with Crippen LogP contribution in [0.4, 0.5) is 22.0 Å². The summed E-state index contributed by atoms with van der Waals surface area (Å²) < 4.78 is 78.4. The Morgan fingerprint density at radius 1 is 1.16 bits per heavy atom. The number of carbonyl (C=O) groups is 2. The molecule has 0 spiro atoms. The van der Waals surface area contributed by atoms with E-state index in [2.05, 4.69) is 20.2 Å². The highest BCUT2D eigenvalue weighted by Crippen LogP contribution is 2.51. The van der Waals surface area contributed by atoms with Crippen molar-refractivity contribution in [1.82, 2.24) is 29.4 Å². The number of hydrogen-bond acceptors (Lipinski definition) is 8. The number of rotatable bonds is 11. The Kier molecular flexibility index (Phi) is 9.19. The molecule has 1 aliphatic carbocycles. The SMILES string of the molecule is Cn1ccc(-c2ccc([C@@]3(CC(C)(C)C)N=C(N)N([C@H](COC(=O)CC4CC4(F)F)c4ccc(Cl)c(-n5ncnc5C(F)F)c4)C3=O)cc2F)n1. The van der Waals surface area contributed by atoms with Gasteiger partial charge >= 0.3 is 5.97 Å². The molecule has 2 N–H and O–H groups in total. The molecule has 1 amide bonds. The molecule has 1 unspecified atom stereocenters. The lowest BCUT2D eigenvalue weighted by atomic mass is 9.75. The number of amides is 1. The van der Waals surface area contributed by atoms with Crippen molar-refractivity contribution in [2.45, 2.75) is 64.0 Å². The van der Waals surface area contributed by atoms with Crippen molar-refractivity contribution in [3.63, 3.8) is 0 Å². The Labute approximate surface area is 294 Å². The van der Waals surface area contributed by atoms with E-state index in [0.29, 0.717) is 5.69 Å². The molecule has 2 aromatic carbocycles. The minimum atomic E-state index is -3.02. The molecule has 0 bridgehead atoms. The van der Waals surface area contributed by atoms with Crippen LogP contribution in [0.25, 0.3) is 16.9 Å². The number of aryl methyl sites for hydroxylation is 1. The van der Waals surface area contributed by atoms with E-state index in [1.807, 2.05) is 20.8 Å². The molecule has 270 valence electrons. The van der Waals surface area contributed by atoms with Crippen molar-refractivity contribution in [3.05, 3.63) is 82.8 Å². The second kappa shape index (κ2) is 13.0. The molecule has 4 aromatic rings. The number of nitrogens with two attached hydrogens (primary N) is 1. The average Bonchev–Trinajstić information content (AvgIpc) is 3.44. The number of alkyl halides is 4. The predicted octanol–water partition coefficient (Wildman–Crippen LogP) is 6.52. The lowest BCUT2D eigenvalue weighted by Gasteiger charge is -2.35. The van der Waals surface area contributed by atoms with E-state index in [-0.39, 0.29) is 39.8 Å². The van der Waals surface area contributed by atoms with Gasteiger partial charge in [-0.2, -0.15) is 10.2 Å². The summed E-state index contributed by atoms with van der Waals surface area (Å²) in [5.74, 6) is -7.45. The Bertz CT molecular complexity index is 2030. The van der Waals surface area contributed by atoms with Gasteiger partial charge in [0.25, 0.3) is 18.3 Å². The summed E-state index contributed by atoms with van der Waals surface area (Å²) in [6.07, 6.45) is -1.39. The molecule has 1 aliphatic heterocycles. The molecule has 2 aromatic heterocycles. The number of hydrogen-bond donors (Lipinski definition) is 1. The Hall–Kier alpha value is -4.86. The van der Waals surface area contributed by atoms with Crippen LogP contribution in [0.3, 0.4) is 0 Å². The fraction of sp³-hybridized carbons (Fsp3) is 0.412. The van der Waals surface area contributed by atoms with E-state index < -0.39 is 78.2 Å². The van der Waals surface area contributed by atoms with E-state index in [1.165, 1.54) is 35.0 Å². The Morgan fingerprint density at radius 3 is 2.49 bits per heavy atom. The van der Waals surface area contributed by atoms with Crippen LogP contribution in [-0.4, -0.2) is 59.8 Å². The first-order chi connectivity index (χ1) is 23.9. The average molecular weight is 733 g/mol. The Morgan fingerprint density at radius 2 is 1.88 bits per heavy atom. The van der Waals surface area contributed by atoms with Gasteiger partial charge in [-0.25, -0.2) is 36.6 Å². The smallest absolute Gasteiger partial charge is 0.306 e. The monoisotopic (exact) mass is 732 g/mol. The second-order valence-corrected chi connectivity index (χ2v) is 14.3. The highest BCUT2D eigenvalue weighted by atomic mass is 35.5. The predicted molar refractivity (Wildman–Crippen MR) is 176 cm³/mol. The van der Waals surface area contributed by atoms with Crippen LogP contribution in [0, 0.1) is 17.2 Å². The molecular formula is C34H34ClF5N8O3. The maximum atomic E-state index is 15.8. The first kappa shape index (κ1) is 35.9. The highest BCUT2D eigenvalue weighted by molar-refractivity contribution is 6.32. The van der Waals surface area contributed by atoms with Gasteiger partial charge in [-0.05, 0) is 53.3 Å². The molecular weight excluding hydrogens is 699 g/mol. The molecule has 1 saturated carbocycles. The summed E-state index contributed by atoms with van der Waals surface area (Å²) in [7, 11) is 1.69. The third kappa shape index (κ3) is 7.05. The highest BCUT2D eigenvalue weighted by Gasteiger charge is 2.58. The van der Waals surface area contributed by atoms with Crippen LogP contribution in [0.15, 0.2) is 60.0 Å². The number of halogens is 6. The zero-order chi connectivity index (χ0) is 37.0. The van der Waals surface area contributed by atoms with Gasteiger partial charge in [0.2, 0.25) is 0 Å². The second-order valence-electron chi connectivity index (χ2n) is 13.9. The van der Waals surface area contributed by atoms with E-state index in [4.69, 9.17) is 22.1 Å². The van der Waals surface area contributed by atoms with Gasteiger partial charge in [-0.3, -0.25) is 19.2 Å². The van der Waals surface area contributed by atoms with E-state index in [1.54, 1.807) is 25.4 Å². The molecule has 6 rings (SSSR count). The molecule has 51 heavy (non-hydrogen) atoms. The zero-order valence-corrected chi connectivity index (χ0v) is 28.7. The first-order valence-corrected chi connectivity index (χ1v) is 16.3. The van der Waals surface area contributed by atoms with Crippen molar-refractivity contribution in [2.24, 2.45) is 29.1 Å². The van der Waals surface area contributed by atoms with Gasteiger partial charge < -0.3 is 10.5 Å². The molecule has 3 atom stereocenters. The van der Waals surface area contributed by atoms with Gasteiger partial charge in [0.05, 0.1) is 28.9 Å². The number of benzene rings is 2. The number of nitrogens with zero attached hydrogens (tertiary/aromatic N) is 7. The summed E-state index contributed by atoms with van der Waals surface area (Å²) in [5, 5.41) is 8.14. The summed E-state index contributed by atoms with van der Waals surface area (Å²) in [5.41, 5.74) is 5.11. The Balaban J connectivity index is 1.42. The number of esters is 1. The molecule has 2 aliphatic rings. The normalized spacial score (nSPS) is 20.5. The zero-order valence-electron chi connectivity index (χ0n) is 28.0. The third-order valence-corrected chi connectivity index (χ3v) is 9.10. The van der Waals surface area contributed by atoms with Crippen LogP contribution in [-0.2, 0) is 26.9 Å². The van der Waals surface area contributed by atoms with Crippen molar-refractivity contribution >= 4 is 29.4 Å². The van der Waals surface area contributed by atoms with E-state index in [9.17, 15) is 27.2 Å². The maximum absolute atomic E-state index is 15.8. The largest absolute Gasteiger partial charge is 0.463 e.